The Labute approximate surface area is 136 Å². The van der Waals surface area contributed by atoms with E-state index in [1.54, 1.807) is 0 Å². The zero-order valence-electron chi connectivity index (χ0n) is 13.6. The molecule has 0 aliphatic rings. The molecule has 0 atom stereocenters. The van der Waals surface area contributed by atoms with E-state index < -0.39 is 6.29 Å². The molecule has 0 fully saturated rings. The highest BCUT2D eigenvalue weighted by atomic mass is 16.7. The summed E-state index contributed by atoms with van der Waals surface area (Å²) in [6.45, 7) is 3.80. The van der Waals surface area contributed by atoms with Crippen molar-refractivity contribution >= 4 is 22.7 Å². The Balaban J connectivity index is 2.34. The van der Waals surface area contributed by atoms with Crippen LogP contribution >= 0.6 is 0 Å². The van der Waals surface area contributed by atoms with Crippen molar-refractivity contribution in [3.63, 3.8) is 0 Å². The van der Waals surface area contributed by atoms with Crippen molar-refractivity contribution in [2.24, 2.45) is 0 Å². The molecule has 0 heterocycles. The first-order chi connectivity index (χ1) is 11.2. The number of benzene rings is 2. The summed E-state index contributed by atoms with van der Waals surface area (Å²) in [6.07, 6.45) is 0.965. The second kappa shape index (κ2) is 8.32. The lowest BCUT2D eigenvalue weighted by Crippen LogP contribution is -2.18. The SMILES string of the molecule is CCCC(=O)OC(OC(=O)CCC)c1cccc2ccccc12. The minimum atomic E-state index is -1.00. The lowest BCUT2D eigenvalue weighted by atomic mass is 10.0. The van der Waals surface area contributed by atoms with Crippen LogP contribution in [-0.4, -0.2) is 11.9 Å². The summed E-state index contributed by atoms with van der Waals surface area (Å²) in [5, 5.41) is 1.92. The molecular weight excluding hydrogens is 292 g/mol. The van der Waals surface area contributed by atoms with Gasteiger partial charge in [-0.1, -0.05) is 56.3 Å². The molecule has 0 saturated heterocycles. The Hall–Kier alpha value is -2.36. The molecule has 4 nitrogen and oxygen atoms in total. The number of carbonyl (C=O) groups excluding carboxylic acids is 2. The molecule has 0 saturated carbocycles. The maximum absolute atomic E-state index is 11.9. The van der Waals surface area contributed by atoms with Crippen LogP contribution in [0.3, 0.4) is 0 Å². The molecule has 0 aliphatic heterocycles. The van der Waals surface area contributed by atoms with Crippen molar-refractivity contribution in [2.75, 3.05) is 0 Å². The highest BCUT2D eigenvalue weighted by Gasteiger charge is 2.22. The van der Waals surface area contributed by atoms with E-state index >= 15 is 0 Å². The Kier molecular flexibility index (Phi) is 6.15. The normalized spacial score (nSPS) is 10.7. The van der Waals surface area contributed by atoms with E-state index in [0.29, 0.717) is 31.2 Å². The first kappa shape index (κ1) is 17.0. The molecule has 2 aromatic rings. The average Bonchev–Trinajstić information content (AvgIpc) is 2.54. The first-order valence-corrected chi connectivity index (χ1v) is 8.02. The number of hydrogen-bond acceptors (Lipinski definition) is 4. The Morgan fingerprint density at radius 2 is 1.43 bits per heavy atom. The fourth-order valence-corrected chi connectivity index (χ4v) is 2.37. The van der Waals surface area contributed by atoms with Crippen molar-refractivity contribution in [1.82, 2.24) is 0 Å². The molecule has 4 heteroatoms. The van der Waals surface area contributed by atoms with Crippen LogP contribution in [-0.2, 0) is 19.1 Å². The predicted molar refractivity (Wildman–Crippen MR) is 88.7 cm³/mol. The molecule has 23 heavy (non-hydrogen) atoms. The number of carbonyl (C=O) groups is 2. The molecule has 0 radical (unpaired) electrons. The highest BCUT2D eigenvalue weighted by Crippen LogP contribution is 2.28. The van der Waals surface area contributed by atoms with Crippen LogP contribution in [0.4, 0.5) is 0 Å². The summed E-state index contributed by atoms with van der Waals surface area (Å²) in [5.41, 5.74) is 0.692. The van der Waals surface area contributed by atoms with E-state index in [9.17, 15) is 9.59 Å². The van der Waals surface area contributed by atoms with Gasteiger partial charge in [0.1, 0.15) is 0 Å². The first-order valence-electron chi connectivity index (χ1n) is 8.02. The topological polar surface area (TPSA) is 52.6 Å². The third kappa shape index (κ3) is 4.55. The van der Waals surface area contributed by atoms with E-state index in [1.807, 2.05) is 56.3 Å². The van der Waals surface area contributed by atoms with Gasteiger partial charge in [-0.25, -0.2) is 0 Å². The van der Waals surface area contributed by atoms with E-state index in [1.165, 1.54) is 0 Å². The van der Waals surface area contributed by atoms with Crippen molar-refractivity contribution in [2.45, 2.75) is 45.8 Å². The van der Waals surface area contributed by atoms with Crippen LogP contribution in [0.1, 0.15) is 51.4 Å². The largest absolute Gasteiger partial charge is 0.421 e. The molecule has 0 N–H and O–H groups in total. The zero-order chi connectivity index (χ0) is 16.7. The lowest BCUT2D eigenvalue weighted by molar-refractivity contribution is -0.189. The van der Waals surface area contributed by atoms with Crippen LogP contribution in [0.15, 0.2) is 42.5 Å². The Bertz CT molecular complexity index is 653. The van der Waals surface area contributed by atoms with Crippen LogP contribution in [0.25, 0.3) is 10.8 Å². The fourth-order valence-electron chi connectivity index (χ4n) is 2.37. The summed E-state index contributed by atoms with van der Waals surface area (Å²) in [7, 11) is 0. The molecule has 0 bridgehead atoms. The quantitative estimate of drug-likeness (QED) is 0.557. The summed E-state index contributed by atoms with van der Waals surface area (Å²) >= 11 is 0. The van der Waals surface area contributed by atoms with Crippen LogP contribution in [0, 0.1) is 0 Å². The molecule has 0 aromatic heterocycles. The molecule has 2 rings (SSSR count). The molecule has 0 amide bonds. The maximum atomic E-state index is 11.9. The van der Waals surface area contributed by atoms with Gasteiger partial charge in [-0.15, -0.1) is 0 Å². The average molecular weight is 314 g/mol. The van der Waals surface area contributed by atoms with E-state index in [4.69, 9.17) is 9.47 Å². The van der Waals surface area contributed by atoms with Gasteiger partial charge in [0.2, 0.25) is 0 Å². The third-order valence-electron chi connectivity index (χ3n) is 3.46. The van der Waals surface area contributed by atoms with E-state index in [2.05, 4.69) is 0 Å². The Morgan fingerprint density at radius 1 is 0.870 bits per heavy atom. The highest BCUT2D eigenvalue weighted by molar-refractivity contribution is 5.86. The maximum Gasteiger partial charge on any atom is 0.309 e. The van der Waals surface area contributed by atoms with Gasteiger partial charge < -0.3 is 9.47 Å². The lowest BCUT2D eigenvalue weighted by Gasteiger charge is -2.20. The van der Waals surface area contributed by atoms with Gasteiger partial charge >= 0.3 is 11.9 Å². The van der Waals surface area contributed by atoms with Gasteiger partial charge in [0, 0.05) is 18.4 Å². The third-order valence-corrected chi connectivity index (χ3v) is 3.46. The van der Waals surface area contributed by atoms with Crippen molar-refractivity contribution in [1.29, 1.82) is 0 Å². The van der Waals surface area contributed by atoms with E-state index in [0.717, 1.165) is 10.8 Å². The zero-order valence-corrected chi connectivity index (χ0v) is 13.6. The summed E-state index contributed by atoms with van der Waals surface area (Å²) in [4.78, 5) is 23.8. The second-order valence-electron chi connectivity index (χ2n) is 5.38. The molecule has 0 spiro atoms. The van der Waals surface area contributed by atoms with Gasteiger partial charge in [-0.3, -0.25) is 9.59 Å². The fraction of sp³-hybridized carbons (Fsp3) is 0.368. The van der Waals surface area contributed by atoms with Crippen molar-refractivity contribution < 1.29 is 19.1 Å². The number of ether oxygens (including phenoxy) is 2. The minimum Gasteiger partial charge on any atom is -0.421 e. The molecule has 122 valence electrons. The summed E-state index contributed by atoms with van der Waals surface area (Å²) in [6, 6.07) is 13.4. The number of hydrogen-bond donors (Lipinski definition) is 0. The molecule has 0 unspecified atom stereocenters. The molecular formula is C19H22O4. The number of rotatable bonds is 7. The van der Waals surface area contributed by atoms with Crippen LogP contribution in [0.5, 0.6) is 0 Å². The van der Waals surface area contributed by atoms with E-state index in [-0.39, 0.29) is 11.9 Å². The standard InChI is InChI=1S/C19H22O4/c1-3-8-17(20)22-19(23-18(21)9-4-2)16-13-7-11-14-10-5-6-12-15(14)16/h5-7,10-13,19H,3-4,8-9H2,1-2H3. The van der Waals surface area contributed by atoms with Crippen LogP contribution in [0.2, 0.25) is 0 Å². The summed E-state index contributed by atoms with van der Waals surface area (Å²) < 4.78 is 10.8. The predicted octanol–water partition coefficient (Wildman–Crippen LogP) is 4.53. The molecule has 2 aromatic carbocycles. The summed E-state index contributed by atoms with van der Waals surface area (Å²) in [5.74, 6) is -0.732. The van der Waals surface area contributed by atoms with Gasteiger partial charge in [0.25, 0.3) is 6.29 Å². The Morgan fingerprint density at radius 3 is 2.04 bits per heavy atom. The smallest absolute Gasteiger partial charge is 0.309 e. The van der Waals surface area contributed by atoms with Gasteiger partial charge in [0.15, 0.2) is 0 Å². The molecule has 0 aliphatic carbocycles. The van der Waals surface area contributed by atoms with Crippen LogP contribution < -0.4 is 0 Å². The monoisotopic (exact) mass is 314 g/mol. The van der Waals surface area contributed by atoms with Crippen molar-refractivity contribution in [3.8, 4) is 0 Å². The van der Waals surface area contributed by atoms with Gasteiger partial charge in [-0.2, -0.15) is 0 Å². The van der Waals surface area contributed by atoms with Crippen molar-refractivity contribution in [3.05, 3.63) is 48.0 Å². The van der Waals surface area contributed by atoms with Gasteiger partial charge in [-0.05, 0) is 23.6 Å². The second-order valence-corrected chi connectivity index (χ2v) is 5.38. The van der Waals surface area contributed by atoms with Gasteiger partial charge in [0.05, 0.1) is 0 Å². The number of fused-ring (bicyclic) bond motifs is 1. The number of esters is 2. The minimum absolute atomic E-state index is 0.298.